The summed E-state index contributed by atoms with van der Waals surface area (Å²) < 4.78 is 7.24. The quantitative estimate of drug-likeness (QED) is 0.616. The number of aryl methyl sites for hydroxylation is 1. The molecule has 0 radical (unpaired) electrons. The number of aliphatic carboxylic acids is 1. The summed E-state index contributed by atoms with van der Waals surface area (Å²) in [5.74, 6) is 0.387. The van der Waals surface area contributed by atoms with Crippen molar-refractivity contribution in [3.63, 3.8) is 0 Å². The van der Waals surface area contributed by atoms with Gasteiger partial charge in [-0.25, -0.2) is 9.78 Å². The number of imidazole rings is 1. The third-order valence-corrected chi connectivity index (χ3v) is 4.25. The van der Waals surface area contributed by atoms with Crippen molar-refractivity contribution in [2.24, 2.45) is 7.05 Å². The van der Waals surface area contributed by atoms with Gasteiger partial charge in [-0.15, -0.1) is 0 Å². The number of aromatic nitrogens is 2. The van der Waals surface area contributed by atoms with Crippen molar-refractivity contribution < 1.29 is 14.6 Å². The minimum absolute atomic E-state index is 0.350. The van der Waals surface area contributed by atoms with E-state index in [-0.39, 0.29) is 6.61 Å². The van der Waals surface area contributed by atoms with E-state index < -0.39 is 5.97 Å². The zero-order chi connectivity index (χ0) is 17.4. The summed E-state index contributed by atoms with van der Waals surface area (Å²) in [6.07, 6.45) is 0. The van der Waals surface area contributed by atoms with Gasteiger partial charge < -0.3 is 14.4 Å². The van der Waals surface area contributed by atoms with Crippen LogP contribution in [0, 0.1) is 0 Å². The number of benzene rings is 3. The van der Waals surface area contributed by atoms with Crippen LogP contribution in [0.2, 0.25) is 0 Å². The molecule has 0 amide bonds. The first-order valence-corrected chi connectivity index (χ1v) is 7.93. The van der Waals surface area contributed by atoms with Crippen LogP contribution in [-0.4, -0.2) is 27.2 Å². The largest absolute Gasteiger partial charge is 0.482 e. The molecule has 5 nitrogen and oxygen atoms in total. The van der Waals surface area contributed by atoms with Crippen molar-refractivity contribution in [3.05, 3.63) is 60.7 Å². The minimum Gasteiger partial charge on any atom is -0.482 e. The van der Waals surface area contributed by atoms with Crippen molar-refractivity contribution in [1.82, 2.24) is 9.55 Å². The molecule has 0 aliphatic rings. The topological polar surface area (TPSA) is 64.3 Å². The van der Waals surface area contributed by atoms with Crippen molar-refractivity contribution in [2.45, 2.75) is 0 Å². The van der Waals surface area contributed by atoms with Gasteiger partial charge in [-0.3, -0.25) is 0 Å². The van der Waals surface area contributed by atoms with Gasteiger partial charge in [0.05, 0.1) is 11.0 Å². The lowest BCUT2D eigenvalue weighted by molar-refractivity contribution is -0.139. The van der Waals surface area contributed by atoms with Crippen LogP contribution in [0.4, 0.5) is 0 Å². The SMILES string of the molecule is Cn1c(-c2ccc(OCC(=O)O)cc2)nc2c3ccccc3ccc21. The molecular weight excluding hydrogens is 316 g/mol. The Balaban J connectivity index is 1.77. The van der Waals surface area contributed by atoms with Gasteiger partial charge >= 0.3 is 5.97 Å². The summed E-state index contributed by atoms with van der Waals surface area (Å²) in [7, 11) is 1.99. The van der Waals surface area contributed by atoms with Gasteiger partial charge in [0.15, 0.2) is 6.61 Å². The van der Waals surface area contributed by atoms with Crippen molar-refractivity contribution >= 4 is 27.8 Å². The predicted molar refractivity (Wildman–Crippen MR) is 96.8 cm³/mol. The molecule has 0 atom stereocenters. The molecule has 0 aliphatic heterocycles. The van der Waals surface area contributed by atoms with Gasteiger partial charge in [-0.1, -0.05) is 30.3 Å². The Labute approximate surface area is 144 Å². The monoisotopic (exact) mass is 332 g/mol. The molecule has 4 rings (SSSR count). The summed E-state index contributed by atoms with van der Waals surface area (Å²) in [5, 5.41) is 11.0. The molecule has 124 valence electrons. The van der Waals surface area contributed by atoms with Crippen molar-refractivity contribution in [3.8, 4) is 17.1 Å². The Hall–Kier alpha value is -3.34. The molecule has 3 aromatic carbocycles. The number of carboxylic acid groups (broad SMARTS) is 1. The van der Waals surface area contributed by atoms with Crippen LogP contribution in [0.15, 0.2) is 60.7 Å². The number of ether oxygens (including phenoxy) is 1. The van der Waals surface area contributed by atoms with Crippen LogP contribution in [0.5, 0.6) is 5.75 Å². The first kappa shape index (κ1) is 15.2. The molecule has 0 saturated heterocycles. The predicted octanol–water partition coefficient (Wildman–Crippen LogP) is 3.86. The maximum atomic E-state index is 10.6. The number of rotatable bonds is 4. The van der Waals surface area contributed by atoms with Crippen LogP contribution >= 0.6 is 0 Å². The number of nitrogens with zero attached hydrogens (tertiary/aromatic N) is 2. The second kappa shape index (κ2) is 5.94. The zero-order valence-corrected chi connectivity index (χ0v) is 13.6. The highest BCUT2D eigenvalue weighted by Gasteiger charge is 2.12. The summed E-state index contributed by atoms with van der Waals surface area (Å²) in [5.41, 5.74) is 2.99. The molecule has 0 aliphatic carbocycles. The van der Waals surface area contributed by atoms with Crippen LogP contribution in [0.3, 0.4) is 0 Å². The summed E-state index contributed by atoms with van der Waals surface area (Å²) in [6.45, 7) is -0.350. The van der Waals surface area contributed by atoms with Gasteiger partial charge in [0.1, 0.15) is 11.6 Å². The second-order valence-electron chi connectivity index (χ2n) is 5.86. The number of carboxylic acids is 1. The van der Waals surface area contributed by atoms with E-state index in [0.717, 1.165) is 33.2 Å². The fourth-order valence-electron chi connectivity index (χ4n) is 3.03. The average molecular weight is 332 g/mol. The summed E-state index contributed by atoms with van der Waals surface area (Å²) in [6, 6.07) is 19.7. The van der Waals surface area contributed by atoms with E-state index in [9.17, 15) is 4.79 Å². The molecule has 0 fully saturated rings. The van der Waals surface area contributed by atoms with Crippen LogP contribution in [-0.2, 0) is 11.8 Å². The fourth-order valence-corrected chi connectivity index (χ4v) is 3.03. The molecule has 0 bridgehead atoms. The number of hydrogen-bond acceptors (Lipinski definition) is 3. The lowest BCUT2D eigenvalue weighted by Crippen LogP contribution is -2.09. The lowest BCUT2D eigenvalue weighted by atomic mass is 10.1. The van der Waals surface area contributed by atoms with E-state index in [4.69, 9.17) is 14.8 Å². The van der Waals surface area contributed by atoms with Gasteiger partial charge in [0, 0.05) is 18.0 Å². The van der Waals surface area contributed by atoms with Gasteiger partial charge in [-0.05, 0) is 35.7 Å². The van der Waals surface area contributed by atoms with E-state index in [2.05, 4.69) is 28.8 Å². The molecule has 4 aromatic rings. The molecule has 5 heteroatoms. The Bertz CT molecular complexity index is 1080. The van der Waals surface area contributed by atoms with Crippen LogP contribution in [0.1, 0.15) is 0 Å². The first-order valence-electron chi connectivity index (χ1n) is 7.93. The smallest absolute Gasteiger partial charge is 0.341 e. The summed E-state index contributed by atoms with van der Waals surface area (Å²) in [4.78, 5) is 15.4. The minimum atomic E-state index is -0.994. The van der Waals surface area contributed by atoms with E-state index in [1.807, 2.05) is 31.3 Å². The Morgan fingerprint density at radius 2 is 1.84 bits per heavy atom. The highest BCUT2D eigenvalue weighted by atomic mass is 16.5. The molecule has 25 heavy (non-hydrogen) atoms. The lowest BCUT2D eigenvalue weighted by Gasteiger charge is -2.05. The normalized spacial score (nSPS) is 11.1. The molecule has 0 unspecified atom stereocenters. The fraction of sp³-hybridized carbons (Fsp3) is 0.100. The molecule has 1 heterocycles. The van der Waals surface area contributed by atoms with Crippen LogP contribution in [0.25, 0.3) is 33.2 Å². The molecule has 1 N–H and O–H groups in total. The van der Waals surface area contributed by atoms with Gasteiger partial charge in [0.25, 0.3) is 0 Å². The van der Waals surface area contributed by atoms with E-state index in [1.165, 1.54) is 0 Å². The molecule has 1 aromatic heterocycles. The standard InChI is InChI=1S/C20H16N2O3/c1-22-17-11-8-13-4-2-3-5-16(13)19(17)21-20(22)14-6-9-15(10-7-14)25-12-18(23)24/h2-11H,12H2,1H3,(H,23,24). The molecule has 0 spiro atoms. The highest BCUT2D eigenvalue weighted by Crippen LogP contribution is 2.29. The first-order chi connectivity index (χ1) is 12.1. The van der Waals surface area contributed by atoms with Gasteiger partial charge in [0.2, 0.25) is 0 Å². The van der Waals surface area contributed by atoms with Gasteiger partial charge in [-0.2, -0.15) is 0 Å². The number of fused-ring (bicyclic) bond motifs is 3. The third kappa shape index (κ3) is 2.70. The van der Waals surface area contributed by atoms with Crippen molar-refractivity contribution in [1.29, 1.82) is 0 Å². The zero-order valence-electron chi connectivity index (χ0n) is 13.6. The van der Waals surface area contributed by atoms with E-state index >= 15 is 0 Å². The summed E-state index contributed by atoms with van der Waals surface area (Å²) >= 11 is 0. The molecular formula is C20H16N2O3. The number of carbonyl (C=O) groups is 1. The molecule has 0 saturated carbocycles. The Morgan fingerprint density at radius 1 is 1.08 bits per heavy atom. The second-order valence-corrected chi connectivity index (χ2v) is 5.86. The van der Waals surface area contributed by atoms with E-state index in [1.54, 1.807) is 12.1 Å². The maximum absolute atomic E-state index is 10.6. The van der Waals surface area contributed by atoms with E-state index in [0.29, 0.717) is 5.75 Å². The van der Waals surface area contributed by atoms with Crippen molar-refractivity contribution in [2.75, 3.05) is 6.61 Å². The van der Waals surface area contributed by atoms with Crippen LogP contribution < -0.4 is 4.74 Å². The Morgan fingerprint density at radius 3 is 2.60 bits per heavy atom. The average Bonchev–Trinajstić information content (AvgIpc) is 2.98. The number of hydrogen-bond donors (Lipinski definition) is 1. The Kier molecular flexibility index (Phi) is 3.61. The maximum Gasteiger partial charge on any atom is 0.341 e. The third-order valence-electron chi connectivity index (χ3n) is 4.25. The highest BCUT2D eigenvalue weighted by molar-refractivity contribution is 6.05.